The van der Waals surface area contributed by atoms with E-state index in [1.807, 2.05) is 18.2 Å². The molecule has 2 bridgehead atoms. The Labute approximate surface area is 337 Å². The van der Waals surface area contributed by atoms with Crippen molar-refractivity contribution in [1.29, 1.82) is 0 Å². The monoisotopic (exact) mass is 809 g/mol. The SMILES string of the molecule is Cn1c(=O)n(C2CCC(=O)NC2=O)c2ccc(C#CCCCNC[C@H]3CC[C@H](n4cc(NC(=O)c5cnn6ccc(N7C[C@H]8C[C@@H]7CO8)nc56)c(C(F)F)n4)CC3)cc21. The van der Waals surface area contributed by atoms with Crippen molar-refractivity contribution in [3.05, 3.63) is 70.2 Å². The Kier molecular flexibility index (Phi) is 10.5. The van der Waals surface area contributed by atoms with Gasteiger partial charge >= 0.3 is 5.69 Å². The van der Waals surface area contributed by atoms with Crippen molar-refractivity contribution in [2.45, 2.75) is 88.4 Å². The molecule has 9 rings (SSSR count). The van der Waals surface area contributed by atoms with Gasteiger partial charge in [-0.05, 0) is 88.2 Å². The molecule has 3 atom stereocenters. The summed E-state index contributed by atoms with van der Waals surface area (Å²) in [4.78, 5) is 57.5. The van der Waals surface area contributed by atoms with Crippen molar-refractivity contribution in [1.82, 2.24) is 44.1 Å². The molecule has 1 unspecified atom stereocenters. The number of fused-ring (bicyclic) bond motifs is 4. The lowest BCUT2D eigenvalue weighted by Gasteiger charge is -2.28. The second-order valence-electron chi connectivity index (χ2n) is 15.9. The van der Waals surface area contributed by atoms with E-state index in [0.717, 1.165) is 69.5 Å². The molecule has 4 aliphatic rings. The number of imide groups is 1. The van der Waals surface area contributed by atoms with E-state index >= 15 is 0 Å². The van der Waals surface area contributed by atoms with Crippen molar-refractivity contribution in [2.24, 2.45) is 13.0 Å². The summed E-state index contributed by atoms with van der Waals surface area (Å²) in [6.45, 7) is 3.02. The number of imidazole rings is 1. The molecule has 1 saturated carbocycles. The molecule has 4 fully saturated rings. The standard InChI is InChI=1S/C41H45F2N11O5/c1-50-33-17-24(8-11-31(33)54(41(50)58)32-12-13-35(55)48-40(32)57)5-3-2-4-15-44-19-25-6-9-26(10-7-25)53-22-30(36(49-53)37(42)43)46-39(56)29-20-45-52-16-14-34(47-38(29)52)51-21-28-18-27(51)23-59-28/h8,11,14,16-17,20,22,25-28,32,37,44H,2,4,6-7,9-10,12-13,15,18-19,21,23H2,1H3,(H,46,56)(H,48,55,57)/t25-,26-,27-,28-,32?/m1/s1. The number of ether oxygens (including phenoxy) is 1. The summed E-state index contributed by atoms with van der Waals surface area (Å²) in [5.74, 6) is 6.20. The highest BCUT2D eigenvalue weighted by atomic mass is 19.3. The minimum absolute atomic E-state index is 0.0172. The molecule has 3 aliphatic heterocycles. The first kappa shape index (κ1) is 38.6. The summed E-state index contributed by atoms with van der Waals surface area (Å²) >= 11 is 0. The number of unbranched alkanes of at least 4 members (excludes halogenated alkanes) is 1. The van der Waals surface area contributed by atoms with Crippen LogP contribution in [0.4, 0.5) is 20.3 Å². The van der Waals surface area contributed by atoms with Crippen LogP contribution in [-0.2, 0) is 21.4 Å². The van der Waals surface area contributed by atoms with Crippen molar-refractivity contribution in [2.75, 3.05) is 36.5 Å². The zero-order valence-corrected chi connectivity index (χ0v) is 32.6. The molecule has 3 amide bonds. The van der Waals surface area contributed by atoms with Crippen LogP contribution in [-0.4, -0.2) is 89.6 Å². The number of carbonyl (C=O) groups excluding carboxylic acids is 3. The number of alkyl halides is 2. The lowest BCUT2D eigenvalue weighted by atomic mass is 9.86. The number of amides is 3. The number of rotatable bonds is 11. The summed E-state index contributed by atoms with van der Waals surface area (Å²) in [5, 5.41) is 17.0. The predicted octanol–water partition coefficient (Wildman–Crippen LogP) is 3.88. The molecule has 0 radical (unpaired) electrons. The average molecular weight is 810 g/mol. The number of piperidine rings is 1. The number of morpholine rings is 1. The lowest BCUT2D eigenvalue weighted by molar-refractivity contribution is -0.135. The van der Waals surface area contributed by atoms with E-state index in [1.165, 1.54) is 26.0 Å². The van der Waals surface area contributed by atoms with Gasteiger partial charge in [-0.2, -0.15) is 10.2 Å². The maximum atomic E-state index is 14.2. The first-order valence-corrected chi connectivity index (χ1v) is 20.3. The Balaban J connectivity index is 0.744. The predicted molar refractivity (Wildman–Crippen MR) is 212 cm³/mol. The fraction of sp³-hybridized carbons (Fsp3) is 0.488. The maximum Gasteiger partial charge on any atom is 0.329 e. The average Bonchev–Trinajstić information content (AvgIpc) is 4.08. The second kappa shape index (κ2) is 16.0. The van der Waals surface area contributed by atoms with E-state index in [1.54, 1.807) is 24.0 Å². The van der Waals surface area contributed by atoms with Crippen LogP contribution < -0.4 is 26.5 Å². The van der Waals surface area contributed by atoms with Gasteiger partial charge in [-0.25, -0.2) is 23.1 Å². The zero-order chi connectivity index (χ0) is 40.8. The number of halogens is 2. The molecule has 5 aromatic rings. The van der Waals surface area contributed by atoms with Crippen molar-refractivity contribution in [3.63, 3.8) is 0 Å². The quantitative estimate of drug-likeness (QED) is 0.101. The highest BCUT2D eigenvalue weighted by molar-refractivity contribution is 6.08. The first-order valence-electron chi connectivity index (χ1n) is 20.3. The topological polar surface area (TPSA) is 175 Å². The normalized spacial score (nSPS) is 23.0. The summed E-state index contributed by atoms with van der Waals surface area (Å²) in [6, 6.07) is 6.80. The van der Waals surface area contributed by atoms with E-state index in [-0.39, 0.29) is 53.9 Å². The third-order valence-electron chi connectivity index (χ3n) is 12.1. The van der Waals surface area contributed by atoms with Gasteiger partial charge in [-0.3, -0.25) is 33.5 Å². The number of aryl methyl sites for hydroxylation is 1. The number of nitrogens with zero attached hydrogens (tertiary/aromatic N) is 8. The number of hydrogen-bond acceptors (Lipinski definition) is 10. The molecule has 308 valence electrons. The summed E-state index contributed by atoms with van der Waals surface area (Å²) in [6.07, 6.45) is 8.33. The Hall–Kier alpha value is -5.93. The summed E-state index contributed by atoms with van der Waals surface area (Å²) in [5.41, 5.74) is 1.81. The van der Waals surface area contributed by atoms with Gasteiger partial charge in [0.2, 0.25) is 11.8 Å². The van der Waals surface area contributed by atoms with Gasteiger partial charge in [-0.15, -0.1) is 0 Å². The van der Waals surface area contributed by atoms with E-state index in [2.05, 4.69) is 42.9 Å². The van der Waals surface area contributed by atoms with Gasteiger partial charge in [0.05, 0.1) is 47.7 Å². The third-order valence-corrected chi connectivity index (χ3v) is 12.1. The minimum Gasteiger partial charge on any atom is -0.374 e. The van der Waals surface area contributed by atoms with E-state index in [9.17, 15) is 28.0 Å². The second-order valence-corrected chi connectivity index (χ2v) is 15.9. The van der Waals surface area contributed by atoms with Crippen molar-refractivity contribution < 1.29 is 27.9 Å². The summed E-state index contributed by atoms with van der Waals surface area (Å²) in [7, 11) is 1.66. The van der Waals surface area contributed by atoms with E-state index in [4.69, 9.17) is 9.72 Å². The Morgan fingerprint density at radius 2 is 1.93 bits per heavy atom. The van der Waals surface area contributed by atoms with Crippen LogP contribution in [0.3, 0.4) is 0 Å². The van der Waals surface area contributed by atoms with Crippen LogP contribution in [0, 0.1) is 17.8 Å². The van der Waals surface area contributed by atoms with Crippen LogP contribution in [0.1, 0.15) is 97.9 Å². The number of benzene rings is 1. The first-order chi connectivity index (χ1) is 28.6. The van der Waals surface area contributed by atoms with Crippen LogP contribution in [0.5, 0.6) is 0 Å². The lowest BCUT2D eigenvalue weighted by Crippen LogP contribution is -2.44. The number of nitrogens with one attached hydrogen (secondary N) is 3. The van der Waals surface area contributed by atoms with E-state index in [0.29, 0.717) is 35.6 Å². The van der Waals surface area contributed by atoms with Crippen LogP contribution >= 0.6 is 0 Å². The van der Waals surface area contributed by atoms with Crippen molar-refractivity contribution in [3.8, 4) is 11.8 Å². The Bertz CT molecular complexity index is 2560. The molecular weight excluding hydrogens is 765 g/mol. The van der Waals surface area contributed by atoms with Gasteiger partial charge in [0, 0.05) is 44.4 Å². The molecule has 18 heteroatoms. The molecule has 4 aromatic heterocycles. The minimum atomic E-state index is -2.86. The Morgan fingerprint density at radius 3 is 2.69 bits per heavy atom. The molecular formula is C41H45F2N11O5. The highest BCUT2D eigenvalue weighted by Crippen LogP contribution is 2.35. The smallest absolute Gasteiger partial charge is 0.329 e. The molecule has 0 spiro atoms. The molecule has 3 saturated heterocycles. The Morgan fingerprint density at radius 1 is 1.08 bits per heavy atom. The molecule has 7 heterocycles. The van der Waals surface area contributed by atoms with Crippen molar-refractivity contribution >= 4 is 45.9 Å². The largest absolute Gasteiger partial charge is 0.374 e. The fourth-order valence-electron chi connectivity index (χ4n) is 8.96. The fourth-order valence-corrected chi connectivity index (χ4v) is 8.96. The molecule has 1 aromatic carbocycles. The van der Waals surface area contributed by atoms with Gasteiger partial charge < -0.3 is 20.3 Å². The summed E-state index contributed by atoms with van der Waals surface area (Å²) < 4.78 is 40.2. The molecule has 16 nitrogen and oxygen atoms in total. The third kappa shape index (κ3) is 7.60. The maximum absolute atomic E-state index is 14.2. The number of aromatic nitrogens is 7. The van der Waals surface area contributed by atoms with Gasteiger partial charge in [0.15, 0.2) is 11.3 Å². The van der Waals surface area contributed by atoms with Gasteiger partial charge in [-0.1, -0.05) is 11.8 Å². The van der Waals surface area contributed by atoms with Crippen LogP contribution in [0.25, 0.3) is 16.7 Å². The zero-order valence-electron chi connectivity index (χ0n) is 32.6. The van der Waals surface area contributed by atoms with Gasteiger partial charge in [0.1, 0.15) is 17.4 Å². The number of hydrogen-bond donors (Lipinski definition) is 3. The molecule has 59 heavy (non-hydrogen) atoms. The highest BCUT2D eigenvalue weighted by Gasteiger charge is 2.40. The van der Waals surface area contributed by atoms with E-state index < -0.39 is 30.0 Å². The number of anilines is 2. The van der Waals surface area contributed by atoms with Crippen LogP contribution in [0.2, 0.25) is 0 Å². The molecule has 1 aliphatic carbocycles. The molecule has 3 N–H and O–H groups in total. The van der Waals surface area contributed by atoms with Crippen LogP contribution in [0.15, 0.2) is 47.7 Å². The number of carbonyl (C=O) groups is 3. The van der Waals surface area contributed by atoms with Gasteiger partial charge in [0.25, 0.3) is 12.3 Å².